The summed E-state index contributed by atoms with van der Waals surface area (Å²) in [6, 6.07) is 9.41. The van der Waals surface area contributed by atoms with Crippen LogP contribution in [0.2, 0.25) is 0 Å². The number of benzene rings is 2. The number of aliphatic hydroxyl groups is 1. The Labute approximate surface area is 170 Å². The van der Waals surface area contributed by atoms with E-state index < -0.39 is 16.1 Å². The van der Waals surface area contributed by atoms with Crippen LogP contribution in [0.5, 0.6) is 11.5 Å². The third-order valence-electron chi connectivity index (χ3n) is 4.33. The molecule has 0 aromatic heterocycles. The first kappa shape index (κ1) is 22.7. The van der Waals surface area contributed by atoms with Gasteiger partial charge in [-0.2, -0.15) is 0 Å². The summed E-state index contributed by atoms with van der Waals surface area (Å²) in [6.45, 7) is 3.15. The molecular formula is C20H26N2O6S. The normalized spacial score (nSPS) is 12.3. The van der Waals surface area contributed by atoms with Gasteiger partial charge in [0.15, 0.2) is 11.5 Å². The van der Waals surface area contributed by atoms with Crippen LogP contribution in [0.1, 0.15) is 30.6 Å². The highest BCUT2D eigenvalue weighted by atomic mass is 32.2. The van der Waals surface area contributed by atoms with Gasteiger partial charge in [-0.25, -0.2) is 13.1 Å². The summed E-state index contributed by atoms with van der Waals surface area (Å²) >= 11 is 0. The van der Waals surface area contributed by atoms with Gasteiger partial charge < -0.3 is 19.9 Å². The molecule has 0 bridgehead atoms. The van der Waals surface area contributed by atoms with Crippen LogP contribution in [0.4, 0.5) is 5.69 Å². The highest BCUT2D eigenvalue weighted by molar-refractivity contribution is 7.89. The molecule has 3 N–H and O–H groups in total. The molecular weight excluding hydrogens is 396 g/mol. The van der Waals surface area contributed by atoms with Gasteiger partial charge in [0.1, 0.15) is 0 Å². The number of carbonyl (C=O) groups is 1. The molecule has 1 amide bonds. The lowest BCUT2D eigenvalue weighted by Crippen LogP contribution is -2.29. The smallest absolute Gasteiger partial charge is 0.240 e. The summed E-state index contributed by atoms with van der Waals surface area (Å²) in [5, 5.41) is 13.1. The summed E-state index contributed by atoms with van der Waals surface area (Å²) in [7, 11) is -0.870. The van der Waals surface area contributed by atoms with Crippen molar-refractivity contribution < 1.29 is 27.8 Å². The Morgan fingerprint density at radius 2 is 1.79 bits per heavy atom. The minimum absolute atomic E-state index is 0.0755. The molecule has 2 rings (SSSR count). The zero-order valence-corrected chi connectivity index (χ0v) is 17.7. The third-order valence-corrected chi connectivity index (χ3v) is 5.91. The predicted molar refractivity (Wildman–Crippen MR) is 110 cm³/mol. The van der Waals surface area contributed by atoms with Crippen molar-refractivity contribution in [1.29, 1.82) is 0 Å². The number of amides is 1. The van der Waals surface area contributed by atoms with Crippen LogP contribution in [0.3, 0.4) is 0 Å². The number of anilines is 1. The number of sulfonamides is 1. The van der Waals surface area contributed by atoms with E-state index in [9.17, 15) is 18.3 Å². The average Bonchev–Trinajstić information content (AvgIpc) is 2.71. The van der Waals surface area contributed by atoms with Crippen molar-refractivity contribution in [3.8, 4) is 11.5 Å². The standard InChI is InChI=1S/C20H26N2O6S/c1-5-20(24)22-15-7-9-19(13(2)10-15)29(25,26)21-12-16(23)14-6-8-17(27-3)18(11-14)28-4/h6-11,16,21,23H,5,12H2,1-4H3,(H,22,24)/t16-/m0/s1. The third kappa shape index (κ3) is 5.69. The van der Waals surface area contributed by atoms with E-state index in [2.05, 4.69) is 10.0 Å². The van der Waals surface area contributed by atoms with Gasteiger partial charge >= 0.3 is 0 Å². The van der Waals surface area contributed by atoms with Crippen molar-refractivity contribution >= 4 is 21.6 Å². The molecule has 9 heteroatoms. The highest BCUT2D eigenvalue weighted by Gasteiger charge is 2.20. The molecule has 2 aromatic rings. The van der Waals surface area contributed by atoms with E-state index in [1.807, 2.05) is 0 Å². The maximum Gasteiger partial charge on any atom is 0.240 e. The zero-order chi connectivity index (χ0) is 21.6. The molecule has 0 saturated heterocycles. The number of aryl methyl sites for hydroxylation is 1. The topological polar surface area (TPSA) is 114 Å². The first-order valence-corrected chi connectivity index (χ1v) is 10.5. The van der Waals surface area contributed by atoms with Gasteiger partial charge in [-0.1, -0.05) is 13.0 Å². The fourth-order valence-corrected chi connectivity index (χ4v) is 3.99. The van der Waals surface area contributed by atoms with E-state index >= 15 is 0 Å². The van der Waals surface area contributed by atoms with Crippen LogP contribution in [0.25, 0.3) is 0 Å². The van der Waals surface area contributed by atoms with E-state index in [1.54, 1.807) is 38.1 Å². The van der Waals surface area contributed by atoms with Gasteiger partial charge in [0.25, 0.3) is 0 Å². The van der Waals surface area contributed by atoms with Crippen molar-refractivity contribution in [2.24, 2.45) is 0 Å². The fourth-order valence-electron chi connectivity index (χ4n) is 2.72. The molecule has 0 aliphatic rings. The number of methoxy groups -OCH3 is 2. The number of hydrogen-bond acceptors (Lipinski definition) is 6. The quantitative estimate of drug-likeness (QED) is 0.572. The first-order valence-electron chi connectivity index (χ1n) is 9.02. The molecule has 0 heterocycles. The minimum atomic E-state index is -3.85. The first-order chi connectivity index (χ1) is 13.7. The molecule has 0 radical (unpaired) electrons. The van der Waals surface area contributed by atoms with Gasteiger partial charge in [-0.05, 0) is 48.4 Å². The average molecular weight is 423 g/mol. The molecule has 2 aromatic carbocycles. The molecule has 0 aliphatic carbocycles. The van der Waals surface area contributed by atoms with Crippen LogP contribution in [0, 0.1) is 6.92 Å². The van der Waals surface area contributed by atoms with E-state index in [4.69, 9.17) is 9.47 Å². The van der Waals surface area contributed by atoms with Gasteiger partial charge in [0.05, 0.1) is 25.2 Å². The Morgan fingerprint density at radius 1 is 1.10 bits per heavy atom. The number of rotatable bonds is 9. The van der Waals surface area contributed by atoms with Crippen LogP contribution >= 0.6 is 0 Å². The number of nitrogens with one attached hydrogen (secondary N) is 2. The molecule has 1 atom stereocenters. The molecule has 29 heavy (non-hydrogen) atoms. The largest absolute Gasteiger partial charge is 0.493 e. The number of hydrogen-bond donors (Lipinski definition) is 3. The van der Waals surface area contributed by atoms with Gasteiger partial charge in [0, 0.05) is 18.7 Å². The van der Waals surface area contributed by atoms with Crippen LogP contribution in [-0.2, 0) is 14.8 Å². The van der Waals surface area contributed by atoms with E-state index in [0.717, 1.165) is 0 Å². The molecule has 0 unspecified atom stereocenters. The summed E-state index contributed by atoms with van der Waals surface area (Å²) < 4.78 is 38.1. The van der Waals surface area contributed by atoms with E-state index in [1.165, 1.54) is 26.4 Å². The van der Waals surface area contributed by atoms with Crippen molar-refractivity contribution in [1.82, 2.24) is 4.72 Å². The Bertz CT molecular complexity index is 975. The lowest BCUT2D eigenvalue weighted by molar-refractivity contribution is -0.115. The Balaban J connectivity index is 2.12. The highest BCUT2D eigenvalue weighted by Crippen LogP contribution is 2.30. The molecule has 0 saturated carbocycles. The van der Waals surface area contributed by atoms with Crippen LogP contribution in [0.15, 0.2) is 41.3 Å². The van der Waals surface area contributed by atoms with Crippen LogP contribution < -0.4 is 19.5 Å². The number of carbonyl (C=O) groups excluding carboxylic acids is 1. The van der Waals surface area contributed by atoms with Gasteiger partial charge in [-0.15, -0.1) is 0 Å². The monoisotopic (exact) mass is 422 g/mol. The Hall–Kier alpha value is -2.62. The van der Waals surface area contributed by atoms with Gasteiger partial charge in [-0.3, -0.25) is 4.79 Å². The molecule has 0 spiro atoms. The summed E-state index contributed by atoms with van der Waals surface area (Å²) in [4.78, 5) is 11.6. The Kier molecular flexibility index (Phi) is 7.60. The fraction of sp³-hybridized carbons (Fsp3) is 0.350. The summed E-state index contributed by atoms with van der Waals surface area (Å²) in [5.41, 5.74) is 1.49. The molecule has 0 fully saturated rings. The van der Waals surface area contributed by atoms with Crippen molar-refractivity contribution in [2.75, 3.05) is 26.1 Å². The maximum absolute atomic E-state index is 12.6. The zero-order valence-electron chi connectivity index (χ0n) is 16.9. The minimum Gasteiger partial charge on any atom is -0.493 e. The molecule has 8 nitrogen and oxygen atoms in total. The lowest BCUT2D eigenvalue weighted by Gasteiger charge is -2.16. The Morgan fingerprint density at radius 3 is 2.38 bits per heavy atom. The summed E-state index contributed by atoms with van der Waals surface area (Å²) in [6.07, 6.45) is -0.748. The van der Waals surface area contributed by atoms with Crippen molar-refractivity contribution in [3.63, 3.8) is 0 Å². The second kappa shape index (κ2) is 9.73. The van der Waals surface area contributed by atoms with Crippen LogP contribution in [-0.4, -0.2) is 40.2 Å². The van der Waals surface area contributed by atoms with E-state index in [0.29, 0.717) is 34.7 Å². The second-order valence-electron chi connectivity index (χ2n) is 6.36. The van der Waals surface area contributed by atoms with Crippen molar-refractivity contribution in [3.05, 3.63) is 47.5 Å². The van der Waals surface area contributed by atoms with Crippen molar-refractivity contribution in [2.45, 2.75) is 31.3 Å². The SMILES string of the molecule is CCC(=O)Nc1ccc(S(=O)(=O)NC[C@H](O)c2ccc(OC)c(OC)c2)c(C)c1. The maximum atomic E-state index is 12.6. The second-order valence-corrected chi connectivity index (χ2v) is 8.10. The number of aliphatic hydroxyl groups excluding tert-OH is 1. The number of ether oxygens (including phenoxy) is 2. The molecule has 158 valence electrons. The lowest BCUT2D eigenvalue weighted by atomic mass is 10.1. The predicted octanol–water partition coefficient (Wildman–Crippen LogP) is 2.37. The van der Waals surface area contributed by atoms with E-state index in [-0.39, 0.29) is 17.3 Å². The summed E-state index contributed by atoms with van der Waals surface area (Å²) in [5.74, 6) is 0.790. The van der Waals surface area contributed by atoms with Gasteiger partial charge in [0.2, 0.25) is 15.9 Å². The molecule has 0 aliphatic heterocycles.